The quantitative estimate of drug-likeness (QED) is 0.759. The first-order chi connectivity index (χ1) is 8.63. The molecule has 2 rings (SSSR count). The monoisotopic (exact) mass is 251 g/mol. The van der Waals surface area contributed by atoms with Gasteiger partial charge >= 0.3 is 5.97 Å². The van der Waals surface area contributed by atoms with Gasteiger partial charge < -0.3 is 4.74 Å². The highest BCUT2D eigenvalue weighted by Gasteiger charge is 2.29. The van der Waals surface area contributed by atoms with Gasteiger partial charge in [0.2, 0.25) is 0 Å². The molecule has 5 nitrogen and oxygen atoms in total. The van der Waals surface area contributed by atoms with Crippen molar-refractivity contribution < 1.29 is 9.53 Å². The highest BCUT2D eigenvalue weighted by molar-refractivity contribution is 5.75. The number of esters is 1. The molecule has 0 bridgehead atoms. The van der Waals surface area contributed by atoms with Gasteiger partial charge in [0.05, 0.1) is 13.3 Å². The van der Waals surface area contributed by atoms with Gasteiger partial charge in [0.1, 0.15) is 6.04 Å². The van der Waals surface area contributed by atoms with Crippen molar-refractivity contribution in [3.8, 4) is 0 Å². The van der Waals surface area contributed by atoms with Crippen molar-refractivity contribution in [1.82, 2.24) is 14.7 Å². The van der Waals surface area contributed by atoms with Crippen LogP contribution in [0.4, 0.5) is 0 Å². The maximum Gasteiger partial charge on any atom is 0.323 e. The minimum absolute atomic E-state index is 0.0941. The lowest BCUT2D eigenvalue weighted by molar-refractivity contribution is -0.148. The second-order valence-electron chi connectivity index (χ2n) is 4.88. The zero-order valence-corrected chi connectivity index (χ0v) is 11.3. The Morgan fingerprint density at radius 2 is 2.33 bits per heavy atom. The Hall–Kier alpha value is -1.36. The van der Waals surface area contributed by atoms with Gasteiger partial charge in [-0.2, -0.15) is 5.10 Å². The SMILES string of the molecule is COC(=O)C1CCCCN1Cc1cnn(C)c1C. The van der Waals surface area contributed by atoms with Crippen LogP contribution in [-0.2, 0) is 23.1 Å². The molecule has 1 aliphatic rings. The van der Waals surface area contributed by atoms with Gasteiger partial charge in [0.15, 0.2) is 0 Å². The van der Waals surface area contributed by atoms with Crippen molar-refractivity contribution in [3.05, 3.63) is 17.5 Å². The second-order valence-corrected chi connectivity index (χ2v) is 4.88. The van der Waals surface area contributed by atoms with E-state index in [4.69, 9.17) is 4.74 Å². The summed E-state index contributed by atoms with van der Waals surface area (Å²) in [6, 6.07) is -0.0941. The van der Waals surface area contributed by atoms with Gasteiger partial charge in [-0.3, -0.25) is 14.4 Å². The molecule has 0 radical (unpaired) electrons. The van der Waals surface area contributed by atoms with E-state index in [0.29, 0.717) is 0 Å². The first kappa shape index (κ1) is 13.1. The molecule has 0 amide bonds. The molecular formula is C13H21N3O2. The van der Waals surface area contributed by atoms with Crippen molar-refractivity contribution in [2.24, 2.45) is 7.05 Å². The van der Waals surface area contributed by atoms with E-state index in [0.717, 1.165) is 38.0 Å². The van der Waals surface area contributed by atoms with Gasteiger partial charge in [-0.1, -0.05) is 6.42 Å². The van der Waals surface area contributed by atoms with Crippen molar-refractivity contribution >= 4 is 5.97 Å². The molecule has 100 valence electrons. The standard InChI is InChI=1S/C13H21N3O2/c1-10-11(8-14-15(10)2)9-16-7-5-4-6-12(16)13(17)18-3/h8,12H,4-7,9H2,1-3H3. The Morgan fingerprint density at radius 1 is 1.56 bits per heavy atom. The number of carbonyl (C=O) groups excluding carboxylic acids is 1. The fourth-order valence-corrected chi connectivity index (χ4v) is 2.50. The van der Waals surface area contributed by atoms with Gasteiger partial charge in [0.25, 0.3) is 0 Å². The molecule has 18 heavy (non-hydrogen) atoms. The molecule has 0 N–H and O–H groups in total. The number of aryl methyl sites for hydroxylation is 1. The smallest absolute Gasteiger partial charge is 0.323 e. The molecule has 0 aromatic carbocycles. The summed E-state index contributed by atoms with van der Waals surface area (Å²) in [6.07, 6.45) is 5.03. The maximum atomic E-state index is 11.8. The number of hydrogen-bond donors (Lipinski definition) is 0. The fraction of sp³-hybridized carbons (Fsp3) is 0.692. The average Bonchev–Trinajstić information content (AvgIpc) is 2.70. The van der Waals surface area contributed by atoms with Crippen LogP contribution in [0.25, 0.3) is 0 Å². The number of methoxy groups -OCH3 is 1. The second kappa shape index (κ2) is 5.52. The Bertz CT molecular complexity index is 428. The van der Waals surface area contributed by atoms with Crippen molar-refractivity contribution in [3.63, 3.8) is 0 Å². The highest BCUT2D eigenvalue weighted by atomic mass is 16.5. The molecule has 1 unspecified atom stereocenters. The number of ether oxygens (including phenoxy) is 1. The lowest BCUT2D eigenvalue weighted by Gasteiger charge is -2.33. The number of nitrogens with zero attached hydrogens (tertiary/aromatic N) is 3. The molecule has 0 saturated carbocycles. The first-order valence-electron chi connectivity index (χ1n) is 6.43. The molecule has 1 aromatic heterocycles. The average molecular weight is 251 g/mol. The fourth-order valence-electron chi connectivity index (χ4n) is 2.50. The number of carbonyl (C=O) groups is 1. The summed E-state index contributed by atoms with van der Waals surface area (Å²) in [5.74, 6) is -0.115. The Morgan fingerprint density at radius 3 is 2.94 bits per heavy atom. The minimum Gasteiger partial charge on any atom is -0.468 e. The first-order valence-corrected chi connectivity index (χ1v) is 6.43. The summed E-state index contributed by atoms with van der Waals surface area (Å²) in [5, 5.41) is 4.25. The van der Waals surface area contributed by atoms with E-state index in [-0.39, 0.29) is 12.0 Å². The van der Waals surface area contributed by atoms with E-state index in [1.54, 1.807) is 0 Å². The number of hydrogen-bond acceptors (Lipinski definition) is 4. The molecule has 5 heteroatoms. The van der Waals surface area contributed by atoms with E-state index in [1.807, 2.05) is 17.9 Å². The summed E-state index contributed by atoms with van der Waals surface area (Å²) in [6.45, 7) is 3.78. The molecule has 0 aliphatic carbocycles. The van der Waals surface area contributed by atoms with Crippen molar-refractivity contribution in [2.75, 3.05) is 13.7 Å². The molecule has 1 aliphatic heterocycles. The molecule has 1 aromatic rings. The van der Waals surface area contributed by atoms with Gasteiger partial charge in [-0.25, -0.2) is 0 Å². The van der Waals surface area contributed by atoms with Gasteiger partial charge in [0, 0.05) is 24.8 Å². The number of piperidine rings is 1. The highest BCUT2D eigenvalue weighted by Crippen LogP contribution is 2.21. The van der Waals surface area contributed by atoms with E-state index < -0.39 is 0 Å². The third kappa shape index (κ3) is 2.56. The lowest BCUT2D eigenvalue weighted by Crippen LogP contribution is -2.44. The Labute approximate surface area is 108 Å². The number of likely N-dealkylation sites (tertiary alicyclic amines) is 1. The summed E-state index contributed by atoms with van der Waals surface area (Å²) >= 11 is 0. The van der Waals surface area contributed by atoms with Crippen LogP contribution in [0.2, 0.25) is 0 Å². The molecular weight excluding hydrogens is 230 g/mol. The van der Waals surface area contributed by atoms with Gasteiger partial charge in [-0.05, 0) is 26.3 Å². The van der Waals surface area contributed by atoms with E-state index in [1.165, 1.54) is 12.7 Å². The maximum absolute atomic E-state index is 11.8. The summed E-state index contributed by atoms with van der Waals surface area (Å²) in [4.78, 5) is 14.0. The zero-order valence-electron chi connectivity index (χ0n) is 11.3. The minimum atomic E-state index is -0.115. The normalized spacial score (nSPS) is 20.9. The van der Waals surface area contributed by atoms with Crippen LogP contribution in [0.15, 0.2) is 6.20 Å². The lowest BCUT2D eigenvalue weighted by atomic mass is 10.0. The Balaban J connectivity index is 2.10. The van der Waals surface area contributed by atoms with Crippen LogP contribution in [0.5, 0.6) is 0 Å². The van der Waals surface area contributed by atoms with Crippen LogP contribution in [-0.4, -0.2) is 40.3 Å². The summed E-state index contributed by atoms with van der Waals surface area (Å²) in [5.41, 5.74) is 2.34. The predicted octanol–water partition coefficient (Wildman–Crippen LogP) is 1.26. The molecule has 0 spiro atoms. The van der Waals surface area contributed by atoms with Crippen LogP contribution in [0.3, 0.4) is 0 Å². The van der Waals surface area contributed by atoms with E-state index in [9.17, 15) is 4.79 Å². The largest absolute Gasteiger partial charge is 0.468 e. The van der Waals surface area contributed by atoms with Crippen molar-refractivity contribution in [1.29, 1.82) is 0 Å². The Kier molecular flexibility index (Phi) is 4.01. The van der Waals surface area contributed by atoms with Crippen LogP contribution in [0.1, 0.15) is 30.5 Å². The topological polar surface area (TPSA) is 47.4 Å². The predicted molar refractivity (Wildman–Crippen MR) is 68.0 cm³/mol. The summed E-state index contributed by atoms with van der Waals surface area (Å²) in [7, 11) is 3.40. The van der Waals surface area contributed by atoms with E-state index >= 15 is 0 Å². The van der Waals surface area contributed by atoms with Gasteiger partial charge in [-0.15, -0.1) is 0 Å². The van der Waals surface area contributed by atoms with Crippen LogP contribution >= 0.6 is 0 Å². The number of aromatic nitrogens is 2. The van der Waals surface area contributed by atoms with E-state index in [2.05, 4.69) is 16.9 Å². The molecule has 1 fully saturated rings. The van der Waals surface area contributed by atoms with Crippen molar-refractivity contribution in [2.45, 2.75) is 38.8 Å². The zero-order chi connectivity index (χ0) is 13.1. The molecule has 1 saturated heterocycles. The third-order valence-electron chi connectivity index (χ3n) is 3.80. The molecule has 2 heterocycles. The molecule has 1 atom stereocenters. The summed E-state index contributed by atoms with van der Waals surface area (Å²) < 4.78 is 6.76. The third-order valence-corrected chi connectivity index (χ3v) is 3.80. The van der Waals surface area contributed by atoms with Crippen LogP contribution in [0, 0.1) is 6.92 Å². The van der Waals surface area contributed by atoms with Crippen LogP contribution < -0.4 is 0 Å². The number of rotatable bonds is 3.